The Morgan fingerprint density at radius 1 is 1.47 bits per heavy atom. The number of nitrogens with zero attached hydrogens (tertiary/aromatic N) is 2. The van der Waals surface area contributed by atoms with Gasteiger partial charge in [0.05, 0.1) is 10.0 Å². The van der Waals surface area contributed by atoms with Crippen molar-refractivity contribution in [2.75, 3.05) is 7.05 Å². The minimum Gasteiger partial charge on any atom is -0.312 e. The van der Waals surface area contributed by atoms with E-state index in [1.165, 1.54) is 9.88 Å². The summed E-state index contributed by atoms with van der Waals surface area (Å²) >= 11 is 3.45. The molecule has 0 aliphatic rings. The molecular formula is C10H13N3S2. The third-order valence-corrected chi connectivity index (χ3v) is 4.02. The van der Waals surface area contributed by atoms with E-state index in [0.717, 1.165) is 11.4 Å². The number of hydrogen-bond donors (Lipinski definition) is 1. The van der Waals surface area contributed by atoms with Crippen molar-refractivity contribution in [1.82, 2.24) is 15.3 Å². The summed E-state index contributed by atoms with van der Waals surface area (Å²) in [6.45, 7) is 2.03. The van der Waals surface area contributed by atoms with Gasteiger partial charge in [0.15, 0.2) is 0 Å². The van der Waals surface area contributed by atoms with Gasteiger partial charge < -0.3 is 5.32 Å². The maximum Gasteiger partial charge on any atom is 0.0944 e. The summed E-state index contributed by atoms with van der Waals surface area (Å²) in [6.07, 6.45) is 4.75. The van der Waals surface area contributed by atoms with Crippen LogP contribution in [0, 0.1) is 6.92 Å². The molecule has 0 radical (unpaired) electrons. The summed E-state index contributed by atoms with van der Waals surface area (Å²) in [6, 6.07) is 0.336. The minimum absolute atomic E-state index is 0.336. The fourth-order valence-corrected chi connectivity index (χ4v) is 2.97. The summed E-state index contributed by atoms with van der Waals surface area (Å²) in [5, 5.41) is 7.60. The molecule has 0 saturated carbocycles. The zero-order valence-corrected chi connectivity index (χ0v) is 10.4. The molecule has 2 rings (SSSR count). The van der Waals surface area contributed by atoms with E-state index in [1.807, 2.05) is 31.7 Å². The minimum atomic E-state index is 0.336. The molecule has 1 atom stereocenters. The lowest BCUT2D eigenvalue weighted by molar-refractivity contribution is 0.599. The van der Waals surface area contributed by atoms with Crippen molar-refractivity contribution in [2.45, 2.75) is 19.4 Å². The predicted molar refractivity (Wildman–Crippen MR) is 64.5 cm³/mol. The molecule has 15 heavy (non-hydrogen) atoms. The first kappa shape index (κ1) is 10.7. The Balaban J connectivity index is 2.11. The largest absolute Gasteiger partial charge is 0.312 e. The quantitative estimate of drug-likeness (QED) is 0.890. The van der Waals surface area contributed by atoms with Gasteiger partial charge in [0.1, 0.15) is 0 Å². The van der Waals surface area contributed by atoms with Crippen molar-refractivity contribution >= 4 is 22.7 Å². The molecule has 2 heterocycles. The van der Waals surface area contributed by atoms with E-state index in [0.29, 0.717) is 6.04 Å². The molecule has 0 spiro atoms. The van der Waals surface area contributed by atoms with Crippen LogP contribution in [0.1, 0.15) is 20.9 Å². The van der Waals surface area contributed by atoms with Crippen molar-refractivity contribution in [3.8, 4) is 0 Å². The Morgan fingerprint density at radius 3 is 2.87 bits per heavy atom. The van der Waals surface area contributed by atoms with Crippen LogP contribution in [0.2, 0.25) is 0 Å². The lowest BCUT2D eigenvalue weighted by Gasteiger charge is -2.11. The molecule has 1 N–H and O–H groups in total. The number of thiazole rings is 2. The lowest BCUT2D eigenvalue weighted by Crippen LogP contribution is -2.17. The molecule has 80 valence electrons. The van der Waals surface area contributed by atoms with Gasteiger partial charge in [-0.25, -0.2) is 9.97 Å². The van der Waals surface area contributed by atoms with Gasteiger partial charge in [-0.15, -0.1) is 22.7 Å². The van der Waals surface area contributed by atoms with Crippen LogP contribution in [0.4, 0.5) is 0 Å². The molecule has 0 amide bonds. The van der Waals surface area contributed by atoms with Gasteiger partial charge in [0.2, 0.25) is 0 Å². The number of rotatable bonds is 4. The van der Waals surface area contributed by atoms with Gasteiger partial charge >= 0.3 is 0 Å². The van der Waals surface area contributed by atoms with Gasteiger partial charge in [-0.1, -0.05) is 0 Å². The number of aryl methyl sites for hydroxylation is 1. The van der Waals surface area contributed by atoms with E-state index in [9.17, 15) is 0 Å². The maximum atomic E-state index is 4.30. The van der Waals surface area contributed by atoms with E-state index in [2.05, 4.69) is 15.3 Å². The Bertz CT molecular complexity index is 408. The first-order chi connectivity index (χ1) is 7.29. The highest BCUT2D eigenvalue weighted by molar-refractivity contribution is 7.11. The van der Waals surface area contributed by atoms with Crippen LogP contribution in [0.25, 0.3) is 0 Å². The van der Waals surface area contributed by atoms with Gasteiger partial charge in [0, 0.05) is 35.1 Å². The highest BCUT2D eigenvalue weighted by Crippen LogP contribution is 2.24. The van der Waals surface area contributed by atoms with Gasteiger partial charge in [-0.05, 0) is 14.0 Å². The fraction of sp³-hybridized carbons (Fsp3) is 0.400. The van der Waals surface area contributed by atoms with Gasteiger partial charge in [0.25, 0.3) is 0 Å². The summed E-state index contributed by atoms with van der Waals surface area (Å²) in [5.74, 6) is 0. The topological polar surface area (TPSA) is 37.8 Å². The van der Waals surface area contributed by atoms with Crippen LogP contribution in [0.15, 0.2) is 17.8 Å². The summed E-state index contributed by atoms with van der Waals surface area (Å²) < 4.78 is 0. The van der Waals surface area contributed by atoms with Crippen molar-refractivity contribution < 1.29 is 0 Å². The second-order valence-electron chi connectivity index (χ2n) is 3.25. The second kappa shape index (κ2) is 4.83. The summed E-state index contributed by atoms with van der Waals surface area (Å²) in [4.78, 5) is 9.86. The Labute approximate surface area is 97.2 Å². The van der Waals surface area contributed by atoms with Crippen LogP contribution in [-0.2, 0) is 6.42 Å². The molecule has 0 fully saturated rings. The standard InChI is InChI=1S/C10H13N3S2/c1-7-13-6-9(15-7)8(11-2)5-10-12-3-4-14-10/h3-4,6,8,11H,5H2,1-2H3. The smallest absolute Gasteiger partial charge is 0.0944 e. The Morgan fingerprint density at radius 2 is 2.33 bits per heavy atom. The summed E-state index contributed by atoms with van der Waals surface area (Å²) in [5.41, 5.74) is 0. The average molecular weight is 239 g/mol. The predicted octanol–water partition coefficient (Wildman–Crippen LogP) is 2.41. The molecule has 5 heteroatoms. The highest BCUT2D eigenvalue weighted by atomic mass is 32.1. The average Bonchev–Trinajstić information content (AvgIpc) is 2.85. The highest BCUT2D eigenvalue weighted by Gasteiger charge is 2.13. The van der Waals surface area contributed by atoms with Crippen molar-refractivity contribution in [2.24, 2.45) is 0 Å². The van der Waals surface area contributed by atoms with E-state index >= 15 is 0 Å². The van der Waals surface area contributed by atoms with E-state index in [1.54, 1.807) is 22.7 Å². The zero-order chi connectivity index (χ0) is 10.7. The number of nitrogens with one attached hydrogen (secondary N) is 1. The normalized spacial score (nSPS) is 12.9. The van der Waals surface area contributed by atoms with Gasteiger partial charge in [-0.3, -0.25) is 0 Å². The monoisotopic (exact) mass is 239 g/mol. The van der Waals surface area contributed by atoms with Crippen molar-refractivity contribution in [3.05, 3.63) is 32.7 Å². The first-order valence-corrected chi connectivity index (χ1v) is 6.47. The molecule has 0 aliphatic carbocycles. The molecule has 2 aromatic heterocycles. The molecule has 3 nitrogen and oxygen atoms in total. The van der Waals surface area contributed by atoms with Crippen molar-refractivity contribution in [3.63, 3.8) is 0 Å². The van der Waals surface area contributed by atoms with Crippen LogP contribution >= 0.6 is 22.7 Å². The Hall–Kier alpha value is -0.780. The molecular weight excluding hydrogens is 226 g/mol. The van der Waals surface area contributed by atoms with Gasteiger partial charge in [-0.2, -0.15) is 0 Å². The Kier molecular flexibility index (Phi) is 3.45. The zero-order valence-electron chi connectivity index (χ0n) is 8.73. The molecule has 0 aromatic carbocycles. The number of aromatic nitrogens is 2. The van der Waals surface area contributed by atoms with E-state index < -0.39 is 0 Å². The third kappa shape index (κ3) is 2.62. The SMILES string of the molecule is CNC(Cc1nccs1)c1cnc(C)s1. The van der Waals surface area contributed by atoms with Crippen LogP contribution < -0.4 is 5.32 Å². The maximum absolute atomic E-state index is 4.30. The van der Waals surface area contributed by atoms with Crippen LogP contribution in [0.3, 0.4) is 0 Å². The van der Waals surface area contributed by atoms with Crippen LogP contribution in [-0.4, -0.2) is 17.0 Å². The summed E-state index contributed by atoms with van der Waals surface area (Å²) in [7, 11) is 1.98. The molecule has 0 bridgehead atoms. The van der Waals surface area contributed by atoms with E-state index in [4.69, 9.17) is 0 Å². The third-order valence-electron chi connectivity index (χ3n) is 2.19. The molecule has 2 aromatic rings. The van der Waals surface area contributed by atoms with Crippen LogP contribution in [0.5, 0.6) is 0 Å². The lowest BCUT2D eigenvalue weighted by atomic mass is 10.2. The van der Waals surface area contributed by atoms with Crippen molar-refractivity contribution in [1.29, 1.82) is 0 Å². The second-order valence-corrected chi connectivity index (χ2v) is 5.50. The molecule has 1 unspecified atom stereocenters. The number of hydrogen-bond acceptors (Lipinski definition) is 5. The molecule has 0 saturated heterocycles. The first-order valence-electron chi connectivity index (χ1n) is 4.77. The molecule has 0 aliphatic heterocycles. The fourth-order valence-electron chi connectivity index (χ4n) is 1.41. The van der Waals surface area contributed by atoms with E-state index in [-0.39, 0.29) is 0 Å². The number of likely N-dealkylation sites (N-methyl/N-ethyl adjacent to an activating group) is 1.